The highest BCUT2D eigenvalue weighted by molar-refractivity contribution is 6.48. The Labute approximate surface area is 140 Å². The van der Waals surface area contributed by atoms with Crippen molar-refractivity contribution >= 4 is 11.6 Å². The van der Waals surface area contributed by atoms with E-state index in [1.54, 1.807) is 6.92 Å². The summed E-state index contributed by atoms with van der Waals surface area (Å²) < 4.78 is 0. The van der Waals surface area contributed by atoms with Gasteiger partial charge in [0.2, 0.25) is 11.6 Å². The third-order valence-electron chi connectivity index (χ3n) is 4.54. The van der Waals surface area contributed by atoms with Gasteiger partial charge in [-0.2, -0.15) is 0 Å². The molecule has 0 fully saturated rings. The van der Waals surface area contributed by atoms with Gasteiger partial charge >= 0.3 is 0 Å². The van der Waals surface area contributed by atoms with Crippen LogP contribution in [0.4, 0.5) is 0 Å². The van der Waals surface area contributed by atoms with E-state index in [1.165, 1.54) is 63.9 Å². The molecule has 1 aliphatic carbocycles. The quantitative estimate of drug-likeness (QED) is 0.289. The monoisotopic (exact) mass is 320 g/mol. The molecule has 23 heavy (non-hydrogen) atoms. The first-order chi connectivity index (χ1) is 11.1. The summed E-state index contributed by atoms with van der Waals surface area (Å²) in [5.74, 6) is -1.01. The van der Waals surface area contributed by atoms with E-state index in [2.05, 4.69) is 6.92 Å². The SMILES string of the molecule is CCCCCCCCCCCCCC1=C(O)C(C)=CC(=O)C1=O. The van der Waals surface area contributed by atoms with Crippen LogP contribution in [0.3, 0.4) is 0 Å². The summed E-state index contributed by atoms with van der Waals surface area (Å²) in [6.45, 7) is 3.91. The first kappa shape index (κ1) is 19.7. The smallest absolute Gasteiger partial charge is 0.232 e. The Kier molecular flexibility index (Phi) is 9.58. The number of hydrogen-bond donors (Lipinski definition) is 1. The molecule has 0 bridgehead atoms. The Hall–Kier alpha value is -1.38. The Morgan fingerprint density at radius 3 is 1.83 bits per heavy atom. The van der Waals surface area contributed by atoms with E-state index in [0.29, 0.717) is 17.6 Å². The second-order valence-corrected chi connectivity index (χ2v) is 6.63. The minimum Gasteiger partial charge on any atom is -0.507 e. The lowest BCUT2D eigenvalue weighted by atomic mass is 9.92. The molecular formula is C20H32O3. The second kappa shape index (κ2) is 11.2. The number of carbonyl (C=O) groups is 2. The lowest BCUT2D eigenvalue weighted by Gasteiger charge is -2.13. The summed E-state index contributed by atoms with van der Waals surface area (Å²) >= 11 is 0. The summed E-state index contributed by atoms with van der Waals surface area (Å²) in [6.07, 6.45) is 15.4. The van der Waals surface area contributed by atoms with Crippen LogP contribution in [0.15, 0.2) is 23.0 Å². The van der Waals surface area contributed by atoms with Crippen molar-refractivity contribution in [1.82, 2.24) is 0 Å². The van der Waals surface area contributed by atoms with Crippen LogP contribution in [0.5, 0.6) is 0 Å². The molecule has 1 N–H and O–H groups in total. The standard InChI is InChI=1S/C20H32O3/c1-3-4-5-6-7-8-9-10-11-12-13-14-17-19(22)16(2)15-18(21)20(17)23/h15,22H,3-14H2,1-2H3. The van der Waals surface area contributed by atoms with Crippen molar-refractivity contribution in [3.8, 4) is 0 Å². The predicted octanol–water partition coefficient (Wildman–Crippen LogP) is 5.60. The van der Waals surface area contributed by atoms with Crippen molar-refractivity contribution in [2.24, 2.45) is 0 Å². The molecule has 0 atom stereocenters. The molecule has 1 rings (SSSR count). The van der Waals surface area contributed by atoms with Gasteiger partial charge < -0.3 is 5.11 Å². The van der Waals surface area contributed by atoms with Crippen molar-refractivity contribution in [3.05, 3.63) is 23.0 Å². The number of aliphatic hydroxyl groups excluding tert-OH is 1. The van der Waals surface area contributed by atoms with Gasteiger partial charge in [-0.15, -0.1) is 0 Å². The lowest BCUT2D eigenvalue weighted by molar-refractivity contribution is -0.132. The van der Waals surface area contributed by atoms with Gasteiger partial charge in [0, 0.05) is 5.57 Å². The largest absolute Gasteiger partial charge is 0.507 e. The van der Waals surface area contributed by atoms with E-state index in [-0.39, 0.29) is 5.76 Å². The molecule has 0 spiro atoms. The summed E-state index contributed by atoms with van der Waals surface area (Å²) in [5, 5.41) is 9.93. The third-order valence-corrected chi connectivity index (χ3v) is 4.54. The summed E-state index contributed by atoms with van der Waals surface area (Å²) in [5.41, 5.74) is 0.818. The van der Waals surface area contributed by atoms with Crippen LogP contribution in [0.2, 0.25) is 0 Å². The Morgan fingerprint density at radius 2 is 1.30 bits per heavy atom. The maximum atomic E-state index is 11.8. The van der Waals surface area contributed by atoms with Gasteiger partial charge in [0.1, 0.15) is 5.76 Å². The molecule has 1 aliphatic rings. The minimum absolute atomic E-state index is 0.0154. The third kappa shape index (κ3) is 7.15. The number of rotatable bonds is 12. The predicted molar refractivity (Wildman–Crippen MR) is 94.5 cm³/mol. The van der Waals surface area contributed by atoms with E-state index in [9.17, 15) is 14.7 Å². The number of allylic oxidation sites excluding steroid dienone is 3. The average molecular weight is 320 g/mol. The van der Waals surface area contributed by atoms with Crippen molar-refractivity contribution in [3.63, 3.8) is 0 Å². The molecular weight excluding hydrogens is 288 g/mol. The van der Waals surface area contributed by atoms with Crippen molar-refractivity contribution in [1.29, 1.82) is 0 Å². The zero-order chi connectivity index (χ0) is 17.1. The van der Waals surface area contributed by atoms with Crippen LogP contribution in [0, 0.1) is 0 Å². The van der Waals surface area contributed by atoms with Gasteiger partial charge in [0.15, 0.2) is 0 Å². The topological polar surface area (TPSA) is 54.4 Å². The number of Topliss-reactive ketones (excluding diaryl/α,β-unsaturated/α-hetero) is 1. The highest BCUT2D eigenvalue weighted by atomic mass is 16.3. The Balaban J connectivity index is 2.09. The van der Waals surface area contributed by atoms with Gasteiger partial charge in [-0.1, -0.05) is 71.1 Å². The first-order valence-electron chi connectivity index (χ1n) is 9.27. The fourth-order valence-corrected chi connectivity index (χ4v) is 3.02. The molecule has 0 heterocycles. The van der Waals surface area contributed by atoms with E-state index in [1.807, 2.05) is 0 Å². The van der Waals surface area contributed by atoms with Gasteiger partial charge in [0.05, 0.1) is 0 Å². The molecule has 0 unspecified atom stereocenters. The van der Waals surface area contributed by atoms with Crippen molar-refractivity contribution < 1.29 is 14.7 Å². The Morgan fingerprint density at radius 1 is 0.826 bits per heavy atom. The van der Waals surface area contributed by atoms with Crippen LogP contribution in [-0.2, 0) is 9.59 Å². The normalized spacial score (nSPS) is 15.3. The molecule has 0 aromatic carbocycles. The van der Waals surface area contributed by atoms with E-state index < -0.39 is 11.6 Å². The number of carbonyl (C=O) groups excluding carboxylic acids is 2. The molecule has 0 saturated heterocycles. The van der Waals surface area contributed by atoms with E-state index >= 15 is 0 Å². The summed E-state index contributed by atoms with van der Waals surface area (Å²) in [7, 11) is 0. The molecule has 0 amide bonds. The van der Waals surface area contributed by atoms with Gasteiger partial charge in [0.25, 0.3) is 0 Å². The molecule has 0 aromatic heterocycles. The van der Waals surface area contributed by atoms with Crippen molar-refractivity contribution in [2.45, 2.75) is 90.9 Å². The minimum atomic E-state index is -0.528. The van der Waals surface area contributed by atoms with E-state index in [4.69, 9.17) is 0 Å². The maximum absolute atomic E-state index is 11.8. The molecule has 3 nitrogen and oxygen atoms in total. The molecule has 0 radical (unpaired) electrons. The lowest BCUT2D eigenvalue weighted by Crippen LogP contribution is -2.20. The number of ketones is 2. The van der Waals surface area contributed by atoms with Crippen LogP contribution in [-0.4, -0.2) is 16.7 Å². The molecule has 0 saturated carbocycles. The summed E-state index contributed by atoms with van der Waals surface area (Å²) in [4.78, 5) is 23.3. The van der Waals surface area contributed by atoms with Gasteiger partial charge in [-0.05, 0) is 31.4 Å². The second-order valence-electron chi connectivity index (χ2n) is 6.63. The molecule has 0 aliphatic heterocycles. The fraction of sp³-hybridized carbons (Fsp3) is 0.700. The fourth-order valence-electron chi connectivity index (χ4n) is 3.02. The van der Waals surface area contributed by atoms with Crippen LogP contribution in [0.1, 0.15) is 90.9 Å². The summed E-state index contributed by atoms with van der Waals surface area (Å²) in [6, 6.07) is 0. The van der Waals surface area contributed by atoms with Gasteiger partial charge in [-0.3, -0.25) is 9.59 Å². The first-order valence-corrected chi connectivity index (χ1v) is 9.27. The highest BCUT2D eigenvalue weighted by Crippen LogP contribution is 2.23. The highest BCUT2D eigenvalue weighted by Gasteiger charge is 2.26. The van der Waals surface area contributed by atoms with Crippen molar-refractivity contribution in [2.75, 3.05) is 0 Å². The number of aliphatic hydroxyl groups is 1. The average Bonchev–Trinajstić information content (AvgIpc) is 2.53. The number of unbranched alkanes of at least 4 members (excludes halogenated alkanes) is 10. The maximum Gasteiger partial charge on any atom is 0.232 e. The zero-order valence-electron chi connectivity index (χ0n) is 14.8. The molecule has 130 valence electrons. The molecule has 3 heteroatoms. The Bertz CT molecular complexity index is 458. The molecule has 0 aromatic rings. The van der Waals surface area contributed by atoms with Crippen LogP contribution < -0.4 is 0 Å². The van der Waals surface area contributed by atoms with Gasteiger partial charge in [-0.25, -0.2) is 0 Å². The zero-order valence-corrected chi connectivity index (χ0v) is 14.8. The van der Waals surface area contributed by atoms with Crippen LogP contribution in [0.25, 0.3) is 0 Å². The van der Waals surface area contributed by atoms with E-state index in [0.717, 1.165) is 12.8 Å². The number of hydrogen-bond acceptors (Lipinski definition) is 3. The van der Waals surface area contributed by atoms with Crippen LogP contribution >= 0.6 is 0 Å².